The zero-order valence-electron chi connectivity index (χ0n) is 11.2. The largest absolute Gasteiger partial charge is 0.469 e. The molecule has 6 heteroatoms. The zero-order chi connectivity index (χ0) is 14.7. The topological polar surface area (TPSA) is 101 Å². The standard InChI is InChI=1S/C14H15N3O3/c1-8-4-3-5-11(12(8)13(15)17-19)16-14(18)10-6-7-20-9(10)2/h3-7,19H,1-2H3,(H2,15,17)(H,16,18). The van der Waals surface area contributed by atoms with Crippen molar-refractivity contribution in [2.24, 2.45) is 10.9 Å². The first-order chi connectivity index (χ1) is 9.54. The van der Waals surface area contributed by atoms with Gasteiger partial charge >= 0.3 is 0 Å². The number of hydrogen-bond donors (Lipinski definition) is 3. The molecule has 0 spiro atoms. The van der Waals surface area contributed by atoms with Crippen molar-refractivity contribution < 1.29 is 14.4 Å². The van der Waals surface area contributed by atoms with Crippen LogP contribution in [0, 0.1) is 13.8 Å². The van der Waals surface area contributed by atoms with Crippen molar-refractivity contribution in [3.8, 4) is 0 Å². The predicted molar refractivity (Wildman–Crippen MR) is 75.1 cm³/mol. The van der Waals surface area contributed by atoms with Crippen LogP contribution < -0.4 is 11.1 Å². The Morgan fingerprint density at radius 2 is 2.10 bits per heavy atom. The SMILES string of the molecule is Cc1cccc(NC(=O)c2ccoc2C)c1/C(N)=N/O. The summed E-state index contributed by atoms with van der Waals surface area (Å²) < 4.78 is 5.10. The van der Waals surface area contributed by atoms with Gasteiger partial charge in [-0.15, -0.1) is 0 Å². The van der Waals surface area contributed by atoms with Gasteiger partial charge in [0.2, 0.25) is 0 Å². The molecule has 1 aromatic carbocycles. The average molecular weight is 273 g/mol. The molecule has 0 atom stereocenters. The number of amides is 1. The molecule has 1 heterocycles. The van der Waals surface area contributed by atoms with Gasteiger partial charge in [-0.1, -0.05) is 17.3 Å². The molecule has 0 aliphatic heterocycles. The Morgan fingerprint density at radius 3 is 2.70 bits per heavy atom. The molecule has 20 heavy (non-hydrogen) atoms. The van der Waals surface area contributed by atoms with E-state index in [0.717, 1.165) is 5.56 Å². The van der Waals surface area contributed by atoms with Crippen LogP contribution in [0.1, 0.15) is 27.2 Å². The summed E-state index contributed by atoms with van der Waals surface area (Å²) in [5.74, 6) is 0.164. The van der Waals surface area contributed by atoms with Crippen LogP contribution in [0.4, 0.5) is 5.69 Å². The minimum Gasteiger partial charge on any atom is -0.469 e. The summed E-state index contributed by atoms with van der Waals surface area (Å²) in [6, 6.07) is 6.87. The molecule has 6 nitrogen and oxygen atoms in total. The lowest BCUT2D eigenvalue weighted by molar-refractivity contribution is 0.102. The number of furan rings is 1. The monoisotopic (exact) mass is 273 g/mol. The van der Waals surface area contributed by atoms with Crippen LogP contribution in [0.2, 0.25) is 0 Å². The van der Waals surface area contributed by atoms with Crippen molar-refractivity contribution in [2.75, 3.05) is 5.32 Å². The van der Waals surface area contributed by atoms with Gasteiger partial charge in [-0.05, 0) is 31.5 Å². The quantitative estimate of drug-likeness (QED) is 0.345. The highest BCUT2D eigenvalue weighted by atomic mass is 16.4. The molecule has 0 saturated heterocycles. The number of nitrogens with two attached hydrogens (primary N) is 1. The molecule has 4 N–H and O–H groups in total. The third-order valence-electron chi connectivity index (χ3n) is 2.99. The van der Waals surface area contributed by atoms with Crippen molar-refractivity contribution in [3.63, 3.8) is 0 Å². The number of hydrogen-bond acceptors (Lipinski definition) is 4. The molecule has 2 rings (SSSR count). The highest BCUT2D eigenvalue weighted by Gasteiger charge is 2.16. The van der Waals surface area contributed by atoms with E-state index in [2.05, 4.69) is 10.5 Å². The maximum atomic E-state index is 12.2. The minimum atomic E-state index is -0.311. The molecule has 0 aliphatic carbocycles. The Kier molecular flexibility index (Phi) is 3.74. The highest BCUT2D eigenvalue weighted by molar-refractivity contribution is 6.10. The summed E-state index contributed by atoms with van der Waals surface area (Å²) in [5, 5.41) is 14.6. The maximum absolute atomic E-state index is 12.2. The molecule has 1 amide bonds. The summed E-state index contributed by atoms with van der Waals surface area (Å²) in [6.07, 6.45) is 1.45. The molecule has 0 unspecified atom stereocenters. The van der Waals surface area contributed by atoms with Crippen LogP contribution in [0.15, 0.2) is 40.1 Å². The highest BCUT2D eigenvalue weighted by Crippen LogP contribution is 2.21. The average Bonchev–Trinajstić information content (AvgIpc) is 2.84. The Hall–Kier alpha value is -2.76. The molecule has 2 aromatic rings. The molecular weight excluding hydrogens is 258 g/mol. The lowest BCUT2D eigenvalue weighted by atomic mass is 10.1. The summed E-state index contributed by atoms with van der Waals surface area (Å²) in [6.45, 7) is 3.52. The molecule has 104 valence electrons. The van der Waals surface area contributed by atoms with Gasteiger partial charge in [0.25, 0.3) is 5.91 Å². The molecule has 0 saturated carbocycles. The Labute approximate surface area is 115 Å². The van der Waals surface area contributed by atoms with E-state index in [4.69, 9.17) is 15.4 Å². The molecular formula is C14H15N3O3. The first-order valence-electron chi connectivity index (χ1n) is 5.97. The molecule has 0 aliphatic rings. The van der Waals surface area contributed by atoms with Gasteiger partial charge in [-0.25, -0.2) is 0 Å². The fourth-order valence-corrected chi connectivity index (χ4v) is 1.97. The maximum Gasteiger partial charge on any atom is 0.259 e. The number of anilines is 1. The fourth-order valence-electron chi connectivity index (χ4n) is 1.97. The lowest BCUT2D eigenvalue weighted by Gasteiger charge is -2.12. The first kappa shape index (κ1) is 13.7. The lowest BCUT2D eigenvalue weighted by Crippen LogP contribution is -2.20. The second-order valence-electron chi connectivity index (χ2n) is 4.33. The van der Waals surface area contributed by atoms with Crippen LogP contribution in [0.3, 0.4) is 0 Å². The molecule has 0 radical (unpaired) electrons. The van der Waals surface area contributed by atoms with Crippen LogP contribution in [-0.2, 0) is 0 Å². The number of nitrogens with zero attached hydrogens (tertiary/aromatic N) is 1. The molecule has 1 aromatic heterocycles. The third kappa shape index (κ3) is 2.49. The smallest absolute Gasteiger partial charge is 0.259 e. The van der Waals surface area contributed by atoms with Crippen LogP contribution >= 0.6 is 0 Å². The Morgan fingerprint density at radius 1 is 1.35 bits per heavy atom. The van der Waals surface area contributed by atoms with Crippen LogP contribution in [0.25, 0.3) is 0 Å². The molecule has 0 fully saturated rings. The number of carbonyl (C=O) groups excluding carboxylic acids is 1. The third-order valence-corrected chi connectivity index (χ3v) is 2.99. The van der Waals surface area contributed by atoms with Gasteiger partial charge in [0.05, 0.1) is 17.5 Å². The first-order valence-corrected chi connectivity index (χ1v) is 5.97. The van der Waals surface area contributed by atoms with Crippen LogP contribution in [-0.4, -0.2) is 17.0 Å². The van der Waals surface area contributed by atoms with Crippen molar-refractivity contribution in [1.82, 2.24) is 0 Å². The van der Waals surface area contributed by atoms with E-state index in [-0.39, 0.29) is 11.7 Å². The van der Waals surface area contributed by atoms with E-state index < -0.39 is 0 Å². The summed E-state index contributed by atoms with van der Waals surface area (Å²) in [5.41, 5.74) is 7.85. The second kappa shape index (κ2) is 5.48. The van der Waals surface area contributed by atoms with Gasteiger partial charge in [0.15, 0.2) is 5.84 Å². The van der Waals surface area contributed by atoms with Gasteiger partial charge in [0.1, 0.15) is 5.76 Å². The number of oxime groups is 1. The van der Waals surface area contributed by atoms with E-state index in [1.54, 1.807) is 25.1 Å². The number of nitrogens with one attached hydrogen (secondary N) is 1. The van der Waals surface area contributed by atoms with Gasteiger partial charge in [-0.3, -0.25) is 4.79 Å². The van der Waals surface area contributed by atoms with Crippen molar-refractivity contribution in [1.29, 1.82) is 0 Å². The van der Waals surface area contributed by atoms with E-state index in [1.807, 2.05) is 13.0 Å². The summed E-state index contributed by atoms with van der Waals surface area (Å²) >= 11 is 0. The fraction of sp³-hybridized carbons (Fsp3) is 0.143. The van der Waals surface area contributed by atoms with E-state index in [0.29, 0.717) is 22.6 Å². The van der Waals surface area contributed by atoms with Crippen LogP contribution in [0.5, 0.6) is 0 Å². The van der Waals surface area contributed by atoms with Crippen molar-refractivity contribution in [3.05, 3.63) is 53.0 Å². The number of aryl methyl sites for hydroxylation is 2. The normalized spacial score (nSPS) is 11.4. The summed E-state index contributed by atoms with van der Waals surface area (Å²) in [4.78, 5) is 12.2. The number of rotatable bonds is 3. The zero-order valence-corrected chi connectivity index (χ0v) is 11.2. The van der Waals surface area contributed by atoms with E-state index in [9.17, 15) is 4.79 Å². The minimum absolute atomic E-state index is 0.0534. The van der Waals surface area contributed by atoms with Gasteiger partial charge in [-0.2, -0.15) is 0 Å². The number of benzene rings is 1. The van der Waals surface area contributed by atoms with Crippen molar-refractivity contribution >= 4 is 17.4 Å². The van der Waals surface area contributed by atoms with Crippen molar-refractivity contribution in [2.45, 2.75) is 13.8 Å². The van der Waals surface area contributed by atoms with Gasteiger partial charge < -0.3 is 20.7 Å². The second-order valence-corrected chi connectivity index (χ2v) is 4.33. The van der Waals surface area contributed by atoms with E-state index >= 15 is 0 Å². The van der Waals surface area contributed by atoms with E-state index in [1.165, 1.54) is 6.26 Å². The predicted octanol–water partition coefficient (Wildman–Crippen LogP) is 2.24. The Bertz CT molecular complexity index is 674. The number of carbonyl (C=O) groups is 1. The Balaban J connectivity index is 2.38. The number of amidine groups is 1. The van der Waals surface area contributed by atoms with Gasteiger partial charge in [0, 0.05) is 5.56 Å². The molecule has 0 bridgehead atoms. The summed E-state index contributed by atoms with van der Waals surface area (Å²) in [7, 11) is 0.